The molecule has 25 heavy (non-hydrogen) atoms. The van der Waals surface area contributed by atoms with Gasteiger partial charge in [0.25, 0.3) is 10.2 Å². The van der Waals surface area contributed by atoms with Crippen LogP contribution in [0.2, 0.25) is 0 Å². The monoisotopic (exact) mass is 372 g/mol. The van der Waals surface area contributed by atoms with Gasteiger partial charge < -0.3 is 4.90 Å². The predicted octanol–water partition coefficient (Wildman–Crippen LogP) is -0.727. The first-order valence-electron chi connectivity index (χ1n) is 8.92. The van der Waals surface area contributed by atoms with Gasteiger partial charge in [-0.3, -0.25) is 4.57 Å². The second kappa shape index (κ2) is 7.18. The third kappa shape index (κ3) is 3.53. The zero-order valence-electron chi connectivity index (χ0n) is 15.3. The molecule has 2 saturated heterocycles. The van der Waals surface area contributed by atoms with Crippen LogP contribution in [0, 0.1) is 0 Å². The Morgan fingerprint density at radius 3 is 2.40 bits per heavy atom. The topological polar surface area (TPSA) is 83.7 Å². The van der Waals surface area contributed by atoms with E-state index in [1.54, 1.807) is 20.2 Å². The van der Waals surface area contributed by atoms with Crippen molar-refractivity contribution in [1.82, 2.24) is 27.9 Å². The molecule has 0 amide bonds. The molecule has 1 atom stereocenters. The van der Waals surface area contributed by atoms with Gasteiger partial charge in [-0.25, -0.2) is 9.48 Å². The first-order chi connectivity index (χ1) is 11.8. The summed E-state index contributed by atoms with van der Waals surface area (Å²) in [4.78, 5) is 14.3. The summed E-state index contributed by atoms with van der Waals surface area (Å²) in [5, 5.41) is 4.37. The summed E-state index contributed by atoms with van der Waals surface area (Å²) >= 11 is 0. The molecule has 0 bridgehead atoms. The standard InChI is InChI=1S/C15H28N6O3S/c1-4-21-14(16-18(3)15(21)22)13-6-5-7-20(12-13)25(23,24)19-10-8-17(2)9-11-19/h13H,4-12H2,1-3H3/t13-/m1/s1. The van der Waals surface area contributed by atoms with Gasteiger partial charge in [-0.1, -0.05) is 0 Å². The fourth-order valence-electron chi connectivity index (χ4n) is 3.67. The second-order valence-corrected chi connectivity index (χ2v) is 8.84. The number of aromatic nitrogens is 3. The average Bonchev–Trinajstić information content (AvgIpc) is 2.90. The lowest BCUT2D eigenvalue weighted by molar-refractivity contribution is 0.204. The van der Waals surface area contributed by atoms with Crippen LogP contribution in [0.15, 0.2) is 4.79 Å². The highest BCUT2D eigenvalue weighted by Crippen LogP contribution is 2.28. The molecular formula is C15H28N6O3S. The van der Waals surface area contributed by atoms with Crippen LogP contribution < -0.4 is 5.69 Å². The maximum Gasteiger partial charge on any atom is 0.345 e. The van der Waals surface area contributed by atoms with Crippen molar-refractivity contribution in [2.24, 2.45) is 7.05 Å². The molecule has 0 N–H and O–H groups in total. The molecule has 1 aromatic heterocycles. The molecule has 2 aliphatic heterocycles. The number of piperidine rings is 1. The number of piperazine rings is 1. The molecule has 3 heterocycles. The van der Waals surface area contributed by atoms with E-state index in [9.17, 15) is 13.2 Å². The minimum Gasteiger partial charge on any atom is -0.304 e. The predicted molar refractivity (Wildman–Crippen MR) is 94.7 cm³/mol. The number of aryl methyl sites for hydroxylation is 1. The van der Waals surface area contributed by atoms with E-state index in [0.29, 0.717) is 38.5 Å². The van der Waals surface area contributed by atoms with Gasteiger partial charge >= 0.3 is 5.69 Å². The van der Waals surface area contributed by atoms with Gasteiger partial charge in [-0.2, -0.15) is 22.1 Å². The summed E-state index contributed by atoms with van der Waals surface area (Å²) in [6.45, 7) is 5.96. The van der Waals surface area contributed by atoms with E-state index in [1.165, 1.54) is 4.68 Å². The summed E-state index contributed by atoms with van der Waals surface area (Å²) in [6.07, 6.45) is 1.64. The molecule has 0 saturated carbocycles. The average molecular weight is 372 g/mol. The van der Waals surface area contributed by atoms with Gasteiger partial charge in [-0.05, 0) is 26.8 Å². The quantitative estimate of drug-likeness (QED) is 0.696. The summed E-state index contributed by atoms with van der Waals surface area (Å²) < 4.78 is 32.1. The van der Waals surface area contributed by atoms with E-state index in [1.807, 2.05) is 14.0 Å². The molecule has 0 unspecified atom stereocenters. The van der Waals surface area contributed by atoms with E-state index in [-0.39, 0.29) is 11.6 Å². The Labute approximate surface area is 149 Å². The van der Waals surface area contributed by atoms with Gasteiger partial charge in [0, 0.05) is 58.8 Å². The summed E-state index contributed by atoms with van der Waals surface area (Å²) in [6, 6.07) is 0. The fourth-order valence-corrected chi connectivity index (χ4v) is 5.35. The molecule has 1 aromatic rings. The van der Waals surface area contributed by atoms with Crippen molar-refractivity contribution in [3.05, 3.63) is 16.3 Å². The third-order valence-corrected chi connectivity index (χ3v) is 7.22. The third-order valence-electron chi connectivity index (χ3n) is 5.22. The molecule has 10 heteroatoms. The minimum absolute atomic E-state index is 0.0372. The van der Waals surface area contributed by atoms with Crippen LogP contribution in [0.3, 0.4) is 0 Å². The summed E-state index contributed by atoms with van der Waals surface area (Å²) in [7, 11) is 0.190. The molecule has 0 spiro atoms. The van der Waals surface area contributed by atoms with Gasteiger partial charge in [0.05, 0.1) is 0 Å². The lowest BCUT2D eigenvalue weighted by atomic mass is 9.99. The molecule has 3 rings (SSSR count). The van der Waals surface area contributed by atoms with E-state index < -0.39 is 10.2 Å². The van der Waals surface area contributed by atoms with Gasteiger partial charge in [0.15, 0.2) is 0 Å². The van der Waals surface area contributed by atoms with Crippen molar-refractivity contribution in [3.63, 3.8) is 0 Å². The first kappa shape index (κ1) is 18.6. The number of hydrogen-bond donors (Lipinski definition) is 0. The van der Waals surface area contributed by atoms with Gasteiger partial charge in [0.2, 0.25) is 0 Å². The largest absolute Gasteiger partial charge is 0.345 e. The Bertz CT molecular complexity index is 763. The molecular weight excluding hydrogens is 344 g/mol. The van der Waals surface area contributed by atoms with Crippen molar-refractivity contribution in [2.75, 3.05) is 46.3 Å². The van der Waals surface area contributed by atoms with Crippen LogP contribution in [-0.4, -0.2) is 82.6 Å². The number of nitrogens with zero attached hydrogens (tertiary/aromatic N) is 6. The van der Waals surface area contributed by atoms with E-state index in [2.05, 4.69) is 10.00 Å². The summed E-state index contributed by atoms with van der Waals surface area (Å²) in [5.74, 6) is 0.665. The van der Waals surface area contributed by atoms with Crippen molar-refractivity contribution < 1.29 is 8.42 Å². The zero-order valence-corrected chi connectivity index (χ0v) is 16.1. The highest BCUT2D eigenvalue weighted by molar-refractivity contribution is 7.86. The first-order valence-corrected chi connectivity index (χ1v) is 10.3. The Balaban J connectivity index is 1.79. The minimum atomic E-state index is -3.45. The lowest BCUT2D eigenvalue weighted by Gasteiger charge is -2.38. The van der Waals surface area contributed by atoms with Crippen LogP contribution in [-0.2, 0) is 23.8 Å². The molecule has 142 valence electrons. The zero-order chi connectivity index (χ0) is 18.2. The smallest absolute Gasteiger partial charge is 0.304 e. The highest BCUT2D eigenvalue weighted by Gasteiger charge is 2.36. The molecule has 2 aliphatic rings. The van der Waals surface area contributed by atoms with Crippen molar-refractivity contribution in [2.45, 2.75) is 32.2 Å². The van der Waals surface area contributed by atoms with Crippen molar-refractivity contribution >= 4 is 10.2 Å². The molecule has 2 fully saturated rings. The molecule has 0 aliphatic carbocycles. The normalized spacial score (nSPS) is 24.7. The molecule has 9 nitrogen and oxygen atoms in total. The van der Waals surface area contributed by atoms with Crippen molar-refractivity contribution in [3.8, 4) is 0 Å². The molecule has 0 aromatic carbocycles. The van der Waals surface area contributed by atoms with Gasteiger partial charge in [0.1, 0.15) is 5.82 Å². The van der Waals surface area contributed by atoms with E-state index >= 15 is 0 Å². The van der Waals surface area contributed by atoms with Crippen LogP contribution in [0.25, 0.3) is 0 Å². The second-order valence-electron chi connectivity index (χ2n) is 6.92. The van der Waals surface area contributed by atoms with Gasteiger partial charge in [-0.15, -0.1) is 0 Å². The highest BCUT2D eigenvalue weighted by atomic mass is 32.2. The maximum atomic E-state index is 13.0. The van der Waals surface area contributed by atoms with Crippen LogP contribution in [0.1, 0.15) is 31.5 Å². The van der Waals surface area contributed by atoms with E-state index in [0.717, 1.165) is 25.9 Å². The fraction of sp³-hybridized carbons (Fsp3) is 0.867. The lowest BCUT2D eigenvalue weighted by Crippen LogP contribution is -2.53. The number of hydrogen-bond acceptors (Lipinski definition) is 5. The number of rotatable bonds is 4. The number of likely N-dealkylation sites (N-methyl/N-ethyl adjacent to an activating group) is 1. The molecule has 0 radical (unpaired) electrons. The van der Waals surface area contributed by atoms with Crippen LogP contribution in [0.5, 0.6) is 0 Å². The Morgan fingerprint density at radius 1 is 1.08 bits per heavy atom. The van der Waals surface area contributed by atoms with Crippen molar-refractivity contribution in [1.29, 1.82) is 0 Å². The Hall–Kier alpha value is -1.23. The summed E-state index contributed by atoms with van der Waals surface area (Å²) in [5.41, 5.74) is -0.142. The Morgan fingerprint density at radius 2 is 1.76 bits per heavy atom. The Kier molecular flexibility index (Phi) is 5.33. The van der Waals surface area contributed by atoms with Crippen LogP contribution in [0.4, 0.5) is 0 Å². The SMILES string of the molecule is CCn1c([C@@H]2CCCN(S(=O)(=O)N3CCN(C)CC3)C2)nn(C)c1=O. The van der Waals surface area contributed by atoms with E-state index in [4.69, 9.17) is 0 Å². The van der Waals surface area contributed by atoms with Crippen LogP contribution >= 0.6 is 0 Å². The maximum absolute atomic E-state index is 13.0.